The highest BCUT2D eigenvalue weighted by atomic mass is 31.2. The third kappa shape index (κ3) is 35.6. The van der Waals surface area contributed by atoms with Crippen LogP contribution < -0.4 is 4.89 Å². The van der Waals surface area contributed by atoms with Gasteiger partial charge in [0.1, 0.15) is 19.8 Å². The van der Waals surface area contributed by atoms with Crippen LogP contribution in [0.4, 0.5) is 0 Å². The normalized spacial score (nSPS) is 14.3. The van der Waals surface area contributed by atoms with E-state index in [9.17, 15) is 19.0 Å². The van der Waals surface area contributed by atoms with Crippen molar-refractivity contribution in [2.75, 3.05) is 47.5 Å². The van der Waals surface area contributed by atoms with Crippen LogP contribution in [-0.2, 0) is 32.7 Å². The minimum atomic E-state index is -4.62. The summed E-state index contributed by atoms with van der Waals surface area (Å²) in [6, 6.07) is 0. The van der Waals surface area contributed by atoms with E-state index in [-0.39, 0.29) is 26.1 Å². The van der Waals surface area contributed by atoms with Gasteiger partial charge in [-0.15, -0.1) is 0 Å². The first-order valence-electron chi connectivity index (χ1n) is 18.8. The summed E-state index contributed by atoms with van der Waals surface area (Å²) in [6.07, 6.45) is 34.3. The number of carbonyl (C=O) groups excluding carboxylic acids is 2. The molecule has 0 radical (unpaired) electrons. The van der Waals surface area contributed by atoms with Crippen LogP contribution in [0.25, 0.3) is 0 Å². The number of esters is 2. The minimum absolute atomic E-state index is 0.0383. The van der Waals surface area contributed by atoms with Gasteiger partial charge in [0.25, 0.3) is 7.82 Å². The van der Waals surface area contributed by atoms with Gasteiger partial charge < -0.3 is 27.9 Å². The zero-order valence-corrected chi connectivity index (χ0v) is 32.5. The Labute approximate surface area is 299 Å². The summed E-state index contributed by atoms with van der Waals surface area (Å²) in [5.74, 6) is -0.890. The fraction of sp³-hybridized carbons (Fsp3) is 0.744. The molecule has 0 fully saturated rings. The number of carbonyl (C=O) groups is 2. The Hall–Kier alpha value is -2.03. The van der Waals surface area contributed by atoms with E-state index < -0.39 is 32.5 Å². The van der Waals surface area contributed by atoms with E-state index in [1.165, 1.54) is 38.5 Å². The number of hydrogen-bond donors (Lipinski definition) is 0. The second-order valence-corrected chi connectivity index (χ2v) is 15.0. The van der Waals surface area contributed by atoms with Crippen LogP contribution in [0.5, 0.6) is 0 Å². The smallest absolute Gasteiger partial charge is 0.306 e. The minimum Gasteiger partial charge on any atom is -0.756 e. The first-order valence-corrected chi connectivity index (χ1v) is 20.3. The Morgan fingerprint density at radius 1 is 0.653 bits per heavy atom. The molecular formula is C39H70NO8P. The lowest BCUT2D eigenvalue weighted by Crippen LogP contribution is -2.37. The molecule has 0 aromatic carbocycles. The van der Waals surface area contributed by atoms with Crippen LogP contribution in [0, 0.1) is 0 Å². The number of allylic oxidation sites excluding steroid dienone is 8. The Balaban J connectivity index is 4.51. The SMILES string of the molecule is CC/C=C\C/C=C\C/C=C\C/C=C\CCCCC(=O)OC[C@H](COP(=O)([O-])OCC[N+](C)(C)C)OC(=O)CCCCCCCCCCCC. The molecule has 0 aromatic heterocycles. The molecular weight excluding hydrogens is 641 g/mol. The summed E-state index contributed by atoms with van der Waals surface area (Å²) in [5.41, 5.74) is 0. The molecule has 0 aromatic rings. The molecule has 0 rings (SSSR count). The van der Waals surface area contributed by atoms with Gasteiger partial charge in [-0.05, 0) is 51.4 Å². The van der Waals surface area contributed by atoms with Crippen molar-refractivity contribution in [3.8, 4) is 0 Å². The summed E-state index contributed by atoms with van der Waals surface area (Å²) in [7, 11) is 1.14. The van der Waals surface area contributed by atoms with Crippen LogP contribution >= 0.6 is 7.82 Å². The molecule has 0 bridgehead atoms. The highest BCUT2D eigenvalue weighted by Crippen LogP contribution is 2.38. The molecule has 1 unspecified atom stereocenters. The van der Waals surface area contributed by atoms with E-state index in [0.717, 1.165) is 57.8 Å². The van der Waals surface area contributed by atoms with E-state index in [1.54, 1.807) is 0 Å². The summed E-state index contributed by atoms with van der Waals surface area (Å²) in [5, 5.41) is 0. The molecule has 0 aliphatic heterocycles. The van der Waals surface area contributed by atoms with Crippen molar-refractivity contribution in [1.29, 1.82) is 0 Å². The largest absolute Gasteiger partial charge is 0.756 e. The zero-order chi connectivity index (χ0) is 36.5. The van der Waals surface area contributed by atoms with Crippen LogP contribution in [0.1, 0.15) is 136 Å². The first-order chi connectivity index (χ1) is 23.5. The number of quaternary nitrogens is 1. The molecule has 0 heterocycles. The number of ether oxygens (including phenoxy) is 2. The molecule has 9 nitrogen and oxygen atoms in total. The van der Waals surface area contributed by atoms with Gasteiger partial charge in [0.15, 0.2) is 6.10 Å². The van der Waals surface area contributed by atoms with Gasteiger partial charge in [-0.2, -0.15) is 0 Å². The molecule has 0 spiro atoms. The lowest BCUT2D eigenvalue weighted by Gasteiger charge is -2.28. The maximum Gasteiger partial charge on any atom is 0.306 e. The highest BCUT2D eigenvalue weighted by Gasteiger charge is 2.21. The quantitative estimate of drug-likeness (QED) is 0.0218. The summed E-state index contributed by atoms with van der Waals surface area (Å²) < 4.78 is 33.6. The first kappa shape index (κ1) is 47.0. The summed E-state index contributed by atoms with van der Waals surface area (Å²) in [6.45, 7) is 4.02. The van der Waals surface area contributed by atoms with E-state index in [2.05, 4.69) is 62.5 Å². The van der Waals surface area contributed by atoms with Gasteiger partial charge in [-0.3, -0.25) is 14.2 Å². The lowest BCUT2D eigenvalue weighted by atomic mass is 10.1. The number of hydrogen-bond acceptors (Lipinski definition) is 8. The van der Waals surface area contributed by atoms with E-state index in [1.807, 2.05) is 21.1 Å². The van der Waals surface area contributed by atoms with E-state index in [0.29, 0.717) is 23.9 Å². The second-order valence-electron chi connectivity index (χ2n) is 13.6. The third-order valence-electron chi connectivity index (χ3n) is 7.61. The molecule has 0 amide bonds. The van der Waals surface area contributed by atoms with Gasteiger partial charge in [-0.25, -0.2) is 0 Å². The number of nitrogens with zero attached hydrogens (tertiary/aromatic N) is 1. The fourth-order valence-electron chi connectivity index (χ4n) is 4.64. The number of unbranched alkanes of at least 4 members (excludes halogenated alkanes) is 11. The monoisotopic (exact) mass is 711 g/mol. The number of likely N-dealkylation sites (N-methyl/N-ethyl adjacent to an activating group) is 1. The van der Waals surface area contributed by atoms with Crippen molar-refractivity contribution in [2.24, 2.45) is 0 Å². The summed E-state index contributed by atoms with van der Waals surface area (Å²) in [4.78, 5) is 37.2. The van der Waals surface area contributed by atoms with Gasteiger partial charge >= 0.3 is 11.9 Å². The Morgan fingerprint density at radius 2 is 1.16 bits per heavy atom. The number of phosphoric ester groups is 1. The van der Waals surface area contributed by atoms with Crippen LogP contribution in [0.15, 0.2) is 48.6 Å². The molecule has 284 valence electrons. The van der Waals surface area contributed by atoms with Crippen molar-refractivity contribution in [2.45, 2.75) is 142 Å². The van der Waals surface area contributed by atoms with Gasteiger partial charge in [0.2, 0.25) is 0 Å². The molecule has 2 atom stereocenters. The Bertz CT molecular complexity index is 986. The van der Waals surface area contributed by atoms with Crippen molar-refractivity contribution < 1.29 is 42.1 Å². The van der Waals surface area contributed by atoms with Crippen LogP contribution in [-0.4, -0.2) is 70.0 Å². The summed E-state index contributed by atoms with van der Waals surface area (Å²) >= 11 is 0. The van der Waals surface area contributed by atoms with Crippen molar-refractivity contribution in [1.82, 2.24) is 0 Å². The second kappa shape index (κ2) is 31.9. The molecule has 0 aliphatic carbocycles. The van der Waals surface area contributed by atoms with E-state index in [4.69, 9.17) is 18.5 Å². The molecule has 0 saturated heterocycles. The lowest BCUT2D eigenvalue weighted by molar-refractivity contribution is -0.870. The maximum absolute atomic E-state index is 12.6. The zero-order valence-electron chi connectivity index (χ0n) is 31.6. The van der Waals surface area contributed by atoms with Crippen LogP contribution in [0.2, 0.25) is 0 Å². The van der Waals surface area contributed by atoms with Crippen molar-refractivity contribution >= 4 is 19.8 Å². The van der Waals surface area contributed by atoms with Gasteiger partial charge in [0.05, 0.1) is 27.7 Å². The standard InChI is InChI=1S/C39H70NO8P/c1-6-8-10-12-14-16-18-19-20-21-22-24-25-27-29-31-38(41)45-35-37(36-47-49(43,44)46-34-33-40(3,4)5)48-39(42)32-30-28-26-23-17-15-13-11-9-7-2/h8,10,14,16,19-20,22,24,37H,6-7,9,11-13,15,17-18,21,23,25-36H2,1-5H3/b10-8-,16-14-,20-19-,24-22-/t37-/m1/s1. The third-order valence-corrected chi connectivity index (χ3v) is 8.58. The molecule has 0 aliphatic rings. The van der Waals surface area contributed by atoms with Crippen molar-refractivity contribution in [3.63, 3.8) is 0 Å². The van der Waals surface area contributed by atoms with Gasteiger partial charge in [-0.1, -0.05) is 120 Å². The predicted molar refractivity (Wildman–Crippen MR) is 199 cm³/mol. The molecule has 49 heavy (non-hydrogen) atoms. The number of phosphoric acid groups is 1. The number of rotatable bonds is 33. The van der Waals surface area contributed by atoms with Crippen LogP contribution in [0.3, 0.4) is 0 Å². The topological polar surface area (TPSA) is 111 Å². The highest BCUT2D eigenvalue weighted by molar-refractivity contribution is 7.45. The maximum atomic E-state index is 12.6. The predicted octanol–water partition coefficient (Wildman–Crippen LogP) is 9.33. The van der Waals surface area contributed by atoms with E-state index >= 15 is 0 Å². The molecule has 0 saturated carbocycles. The Kier molecular flexibility index (Phi) is 30.6. The average molecular weight is 712 g/mol. The fourth-order valence-corrected chi connectivity index (χ4v) is 5.37. The van der Waals surface area contributed by atoms with Crippen molar-refractivity contribution in [3.05, 3.63) is 48.6 Å². The average Bonchev–Trinajstić information content (AvgIpc) is 3.04. The Morgan fingerprint density at radius 3 is 1.73 bits per heavy atom. The molecule has 0 N–H and O–H groups in total. The molecule has 10 heteroatoms. The van der Waals surface area contributed by atoms with Gasteiger partial charge in [0, 0.05) is 12.8 Å².